The van der Waals surface area contributed by atoms with E-state index in [2.05, 4.69) is 5.48 Å². The van der Waals surface area contributed by atoms with Crippen LogP contribution >= 0.6 is 0 Å². The van der Waals surface area contributed by atoms with Gasteiger partial charge in [0.25, 0.3) is 0 Å². The molecule has 1 aliphatic heterocycles. The van der Waals surface area contributed by atoms with E-state index in [4.69, 9.17) is 4.84 Å². The lowest BCUT2D eigenvalue weighted by Gasteiger charge is -2.23. The molecule has 3 nitrogen and oxygen atoms in total. The van der Waals surface area contributed by atoms with Gasteiger partial charge in [-0.15, -0.1) is 0 Å². The maximum atomic E-state index is 11.1. The Morgan fingerprint density at radius 3 is 2.36 bits per heavy atom. The summed E-state index contributed by atoms with van der Waals surface area (Å²) in [5.41, 5.74) is 3.15. The molecule has 1 aliphatic carbocycles. The largest absolute Gasteiger partial charge is 0.298 e. The predicted octanol–water partition coefficient (Wildman–Crippen LogP) is 1.36. The summed E-state index contributed by atoms with van der Waals surface area (Å²) in [5, 5.41) is 0. The van der Waals surface area contributed by atoms with Crippen LogP contribution in [0.2, 0.25) is 0 Å². The molecule has 1 saturated heterocycles. The van der Waals surface area contributed by atoms with Crippen LogP contribution in [0.25, 0.3) is 0 Å². The topological polar surface area (TPSA) is 38.3 Å². The zero-order chi connectivity index (χ0) is 9.80. The van der Waals surface area contributed by atoms with Crippen molar-refractivity contribution in [3.05, 3.63) is 0 Å². The fourth-order valence-corrected chi connectivity index (χ4v) is 3.41. The molecule has 1 heterocycles. The van der Waals surface area contributed by atoms with E-state index < -0.39 is 10.8 Å². The number of rotatable bonds is 3. The predicted molar refractivity (Wildman–Crippen MR) is 57.4 cm³/mol. The molecule has 2 rings (SSSR count). The highest BCUT2D eigenvalue weighted by Crippen LogP contribution is 2.20. The second-order valence-electron chi connectivity index (χ2n) is 4.26. The van der Waals surface area contributed by atoms with Gasteiger partial charge in [0.05, 0.1) is 6.10 Å². The van der Waals surface area contributed by atoms with Crippen molar-refractivity contribution in [1.82, 2.24) is 5.48 Å². The summed E-state index contributed by atoms with van der Waals surface area (Å²) in [7, 11) is -0.562. The van der Waals surface area contributed by atoms with Crippen LogP contribution in [0.1, 0.15) is 38.5 Å². The molecule has 1 saturated carbocycles. The first kappa shape index (κ1) is 10.6. The molecule has 0 unspecified atom stereocenters. The zero-order valence-electron chi connectivity index (χ0n) is 8.54. The van der Waals surface area contributed by atoms with Gasteiger partial charge in [0.15, 0.2) is 0 Å². The lowest BCUT2D eigenvalue weighted by atomic mass is 10.2. The Kier molecular flexibility index (Phi) is 3.96. The van der Waals surface area contributed by atoms with Gasteiger partial charge in [-0.05, 0) is 25.7 Å². The minimum atomic E-state index is -0.562. The van der Waals surface area contributed by atoms with Crippen molar-refractivity contribution in [2.45, 2.75) is 50.7 Å². The smallest absolute Gasteiger partial charge is 0.0790 e. The molecular weight excluding hydrogens is 198 g/mol. The molecular formula is C10H19NO2S. The molecule has 0 bridgehead atoms. The molecule has 1 N–H and O–H groups in total. The van der Waals surface area contributed by atoms with E-state index in [1.807, 2.05) is 0 Å². The molecule has 0 radical (unpaired) electrons. The second-order valence-corrected chi connectivity index (χ2v) is 5.96. The van der Waals surface area contributed by atoms with E-state index >= 15 is 0 Å². The van der Waals surface area contributed by atoms with Crippen LogP contribution in [-0.2, 0) is 15.6 Å². The lowest BCUT2D eigenvalue weighted by molar-refractivity contribution is -0.0414. The average Bonchev–Trinajstić information content (AvgIpc) is 2.70. The summed E-state index contributed by atoms with van der Waals surface area (Å²) >= 11 is 0. The molecule has 0 aromatic carbocycles. The van der Waals surface area contributed by atoms with Gasteiger partial charge in [-0.3, -0.25) is 9.05 Å². The van der Waals surface area contributed by atoms with Crippen LogP contribution in [0.3, 0.4) is 0 Å². The Bertz CT molecular complexity index is 194. The van der Waals surface area contributed by atoms with E-state index in [9.17, 15) is 4.21 Å². The Hall–Kier alpha value is 0.0700. The number of hydroxylamine groups is 1. The van der Waals surface area contributed by atoms with Gasteiger partial charge in [-0.2, -0.15) is 5.48 Å². The summed E-state index contributed by atoms with van der Waals surface area (Å²) in [5.74, 6) is 1.68. The van der Waals surface area contributed by atoms with Gasteiger partial charge in [0.2, 0.25) is 0 Å². The number of hydrogen-bond acceptors (Lipinski definition) is 3. The van der Waals surface area contributed by atoms with E-state index in [0.717, 1.165) is 24.3 Å². The molecule has 0 amide bonds. The van der Waals surface area contributed by atoms with E-state index in [1.165, 1.54) is 25.7 Å². The minimum Gasteiger partial charge on any atom is -0.298 e. The Balaban J connectivity index is 1.63. The molecule has 0 aromatic heterocycles. The van der Waals surface area contributed by atoms with Crippen molar-refractivity contribution in [3.8, 4) is 0 Å². The molecule has 0 spiro atoms. The van der Waals surface area contributed by atoms with Crippen molar-refractivity contribution in [1.29, 1.82) is 0 Å². The first-order chi connectivity index (χ1) is 6.84. The van der Waals surface area contributed by atoms with Crippen LogP contribution < -0.4 is 5.48 Å². The molecule has 4 heteroatoms. The summed E-state index contributed by atoms with van der Waals surface area (Å²) in [4.78, 5) is 5.63. The molecule has 82 valence electrons. The maximum Gasteiger partial charge on any atom is 0.0790 e. The fraction of sp³-hybridized carbons (Fsp3) is 1.00. The first-order valence-corrected chi connectivity index (χ1v) is 7.09. The zero-order valence-corrected chi connectivity index (χ0v) is 9.35. The van der Waals surface area contributed by atoms with Crippen LogP contribution in [0.4, 0.5) is 0 Å². The third kappa shape index (κ3) is 3.04. The first-order valence-electron chi connectivity index (χ1n) is 5.61. The van der Waals surface area contributed by atoms with Gasteiger partial charge in [0, 0.05) is 28.3 Å². The van der Waals surface area contributed by atoms with Crippen molar-refractivity contribution in [2.75, 3.05) is 11.5 Å². The minimum absolute atomic E-state index is 0.433. The van der Waals surface area contributed by atoms with Crippen molar-refractivity contribution < 1.29 is 9.05 Å². The van der Waals surface area contributed by atoms with Gasteiger partial charge in [0.1, 0.15) is 0 Å². The van der Waals surface area contributed by atoms with Gasteiger partial charge in [-0.25, -0.2) is 0 Å². The maximum absolute atomic E-state index is 11.1. The molecule has 2 fully saturated rings. The fourth-order valence-electron chi connectivity index (χ4n) is 2.11. The monoisotopic (exact) mass is 217 g/mol. The summed E-state index contributed by atoms with van der Waals surface area (Å²) < 4.78 is 11.1. The Morgan fingerprint density at radius 1 is 1.07 bits per heavy atom. The second kappa shape index (κ2) is 5.24. The normalized spacial score (nSPS) is 34.9. The lowest BCUT2D eigenvalue weighted by Crippen LogP contribution is -2.37. The molecule has 0 aromatic rings. The standard InChI is InChI=1S/C10H19NO2S/c12-14-7-5-9(6-8-14)11-13-10-3-1-2-4-10/h9-11H,1-8H2. The van der Waals surface area contributed by atoms with Crippen LogP contribution in [-0.4, -0.2) is 27.9 Å². The number of hydrogen-bond donors (Lipinski definition) is 1. The highest BCUT2D eigenvalue weighted by molar-refractivity contribution is 7.85. The third-order valence-corrected chi connectivity index (χ3v) is 4.47. The van der Waals surface area contributed by atoms with E-state index in [0.29, 0.717) is 12.1 Å². The van der Waals surface area contributed by atoms with Crippen molar-refractivity contribution >= 4 is 10.8 Å². The van der Waals surface area contributed by atoms with Gasteiger partial charge in [-0.1, -0.05) is 12.8 Å². The van der Waals surface area contributed by atoms with Crippen LogP contribution in [0.15, 0.2) is 0 Å². The average molecular weight is 217 g/mol. The quantitative estimate of drug-likeness (QED) is 0.725. The summed E-state index contributed by atoms with van der Waals surface area (Å²) in [6, 6.07) is 0.438. The number of nitrogens with one attached hydrogen (secondary N) is 1. The van der Waals surface area contributed by atoms with Crippen LogP contribution in [0, 0.1) is 0 Å². The van der Waals surface area contributed by atoms with Crippen LogP contribution in [0.5, 0.6) is 0 Å². The van der Waals surface area contributed by atoms with Gasteiger partial charge < -0.3 is 0 Å². The highest BCUT2D eigenvalue weighted by Gasteiger charge is 2.20. The van der Waals surface area contributed by atoms with Crippen molar-refractivity contribution in [3.63, 3.8) is 0 Å². The Labute approximate surface area is 88.0 Å². The van der Waals surface area contributed by atoms with E-state index in [1.54, 1.807) is 0 Å². The molecule has 2 aliphatic rings. The van der Waals surface area contributed by atoms with Gasteiger partial charge >= 0.3 is 0 Å². The summed E-state index contributed by atoms with van der Waals surface area (Å²) in [6.45, 7) is 0. The third-order valence-electron chi connectivity index (χ3n) is 3.09. The van der Waals surface area contributed by atoms with Crippen molar-refractivity contribution in [2.24, 2.45) is 0 Å². The SMILES string of the molecule is O=S1CCC(NOC2CCCC2)CC1. The molecule has 0 atom stereocenters. The van der Waals surface area contributed by atoms with E-state index in [-0.39, 0.29) is 0 Å². The summed E-state index contributed by atoms with van der Waals surface area (Å²) in [6.07, 6.45) is 7.44. The highest BCUT2D eigenvalue weighted by atomic mass is 32.2. The Morgan fingerprint density at radius 2 is 1.71 bits per heavy atom. The molecule has 14 heavy (non-hydrogen) atoms.